The average Bonchev–Trinajstić information content (AvgIpc) is 3.12. The van der Waals surface area contributed by atoms with E-state index < -0.39 is 6.04 Å². The number of para-hydroxylation sites is 1. The van der Waals surface area contributed by atoms with E-state index in [0.29, 0.717) is 30.8 Å². The fourth-order valence-electron chi connectivity index (χ4n) is 3.35. The summed E-state index contributed by atoms with van der Waals surface area (Å²) in [7, 11) is 0. The maximum absolute atomic E-state index is 12.7. The Morgan fingerprint density at radius 1 is 1.14 bits per heavy atom. The Kier molecular flexibility index (Phi) is 6.09. The number of aryl methyl sites for hydroxylation is 1. The van der Waals surface area contributed by atoms with Crippen LogP contribution in [0, 0.1) is 6.92 Å². The third-order valence-corrected chi connectivity index (χ3v) is 4.92. The van der Waals surface area contributed by atoms with Crippen LogP contribution in [0.25, 0.3) is 0 Å². The van der Waals surface area contributed by atoms with Gasteiger partial charge in [-0.15, -0.1) is 0 Å². The van der Waals surface area contributed by atoms with E-state index in [1.807, 2.05) is 31.2 Å². The van der Waals surface area contributed by atoms with Crippen LogP contribution < -0.4 is 10.6 Å². The van der Waals surface area contributed by atoms with Gasteiger partial charge >= 0.3 is 0 Å². The second-order valence-corrected chi connectivity index (χ2v) is 7.07. The lowest BCUT2D eigenvalue weighted by Crippen LogP contribution is -2.42. The number of rotatable bonds is 6. The maximum atomic E-state index is 12.7. The molecule has 0 aliphatic carbocycles. The van der Waals surface area contributed by atoms with Gasteiger partial charge in [-0.25, -0.2) is 0 Å². The SMILES string of the molecule is Cc1cccc(CNC(=O)c2ccccc2NC(=O)C(C)N2CCCC2=O)c1. The second-order valence-electron chi connectivity index (χ2n) is 7.07. The van der Waals surface area contributed by atoms with Crippen molar-refractivity contribution >= 4 is 23.4 Å². The molecule has 2 N–H and O–H groups in total. The number of benzene rings is 2. The number of amides is 3. The molecular weight excluding hydrogens is 354 g/mol. The minimum absolute atomic E-state index is 0.00756. The van der Waals surface area contributed by atoms with Gasteiger partial charge in [-0.05, 0) is 38.0 Å². The summed E-state index contributed by atoms with van der Waals surface area (Å²) in [6.07, 6.45) is 1.25. The van der Waals surface area contributed by atoms with E-state index in [2.05, 4.69) is 10.6 Å². The number of hydrogen-bond acceptors (Lipinski definition) is 3. The highest BCUT2D eigenvalue weighted by atomic mass is 16.2. The topological polar surface area (TPSA) is 78.5 Å². The fourth-order valence-corrected chi connectivity index (χ4v) is 3.35. The number of anilines is 1. The van der Waals surface area contributed by atoms with Crippen molar-refractivity contribution in [1.29, 1.82) is 0 Å². The first-order valence-electron chi connectivity index (χ1n) is 9.49. The average molecular weight is 379 g/mol. The number of carbonyl (C=O) groups excluding carboxylic acids is 3. The lowest BCUT2D eigenvalue weighted by Gasteiger charge is -2.23. The summed E-state index contributed by atoms with van der Waals surface area (Å²) in [6, 6.07) is 14.2. The normalized spacial score (nSPS) is 14.6. The molecule has 146 valence electrons. The molecule has 6 heteroatoms. The van der Waals surface area contributed by atoms with Crippen LogP contribution in [0.2, 0.25) is 0 Å². The Labute approximate surface area is 164 Å². The Morgan fingerprint density at radius 3 is 2.64 bits per heavy atom. The van der Waals surface area contributed by atoms with E-state index in [1.54, 1.807) is 36.1 Å². The van der Waals surface area contributed by atoms with Crippen LogP contribution in [0.15, 0.2) is 48.5 Å². The fraction of sp³-hybridized carbons (Fsp3) is 0.318. The van der Waals surface area contributed by atoms with Gasteiger partial charge in [-0.2, -0.15) is 0 Å². The quantitative estimate of drug-likeness (QED) is 0.810. The monoisotopic (exact) mass is 379 g/mol. The number of carbonyl (C=O) groups is 3. The number of nitrogens with one attached hydrogen (secondary N) is 2. The van der Waals surface area contributed by atoms with Gasteiger partial charge in [0.2, 0.25) is 11.8 Å². The molecule has 0 spiro atoms. The zero-order chi connectivity index (χ0) is 20.1. The molecule has 0 radical (unpaired) electrons. The zero-order valence-electron chi connectivity index (χ0n) is 16.2. The van der Waals surface area contributed by atoms with Gasteiger partial charge in [0.05, 0.1) is 11.3 Å². The molecule has 28 heavy (non-hydrogen) atoms. The first-order chi connectivity index (χ1) is 13.5. The number of nitrogens with zero attached hydrogens (tertiary/aromatic N) is 1. The van der Waals surface area contributed by atoms with Gasteiger partial charge in [0, 0.05) is 19.5 Å². The van der Waals surface area contributed by atoms with Crippen LogP contribution in [0.4, 0.5) is 5.69 Å². The summed E-state index contributed by atoms with van der Waals surface area (Å²) >= 11 is 0. The third kappa shape index (κ3) is 4.57. The lowest BCUT2D eigenvalue weighted by molar-refractivity contribution is -0.134. The predicted octanol–water partition coefficient (Wildman–Crippen LogP) is 2.87. The summed E-state index contributed by atoms with van der Waals surface area (Å²) in [4.78, 5) is 38.7. The molecule has 3 rings (SSSR count). The molecule has 2 aromatic carbocycles. The Balaban J connectivity index is 1.67. The molecule has 2 aromatic rings. The van der Waals surface area contributed by atoms with Crippen molar-refractivity contribution in [2.24, 2.45) is 0 Å². The van der Waals surface area contributed by atoms with Crippen LogP contribution in [-0.4, -0.2) is 35.2 Å². The summed E-state index contributed by atoms with van der Waals surface area (Å²) in [6.45, 7) is 4.70. The minimum Gasteiger partial charge on any atom is -0.348 e. The molecule has 0 bridgehead atoms. The smallest absolute Gasteiger partial charge is 0.253 e. The highest BCUT2D eigenvalue weighted by Gasteiger charge is 2.29. The zero-order valence-corrected chi connectivity index (χ0v) is 16.2. The van der Waals surface area contributed by atoms with Crippen molar-refractivity contribution in [3.63, 3.8) is 0 Å². The van der Waals surface area contributed by atoms with Crippen LogP contribution >= 0.6 is 0 Å². The molecule has 0 saturated carbocycles. The maximum Gasteiger partial charge on any atom is 0.253 e. The molecule has 1 aliphatic heterocycles. The van der Waals surface area contributed by atoms with Crippen molar-refractivity contribution in [2.75, 3.05) is 11.9 Å². The van der Waals surface area contributed by atoms with E-state index >= 15 is 0 Å². The van der Waals surface area contributed by atoms with Gasteiger partial charge in [-0.3, -0.25) is 14.4 Å². The van der Waals surface area contributed by atoms with Crippen LogP contribution in [0.5, 0.6) is 0 Å². The molecule has 1 unspecified atom stereocenters. The minimum atomic E-state index is -0.571. The van der Waals surface area contributed by atoms with Crippen molar-refractivity contribution in [3.05, 3.63) is 65.2 Å². The summed E-state index contributed by atoms with van der Waals surface area (Å²) in [5.41, 5.74) is 2.97. The molecule has 6 nitrogen and oxygen atoms in total. The summed E-state index contributed by atoms with van der Waals surface area (Å²) in [5.74, 6) is -0.566. The van der Waals surface area contributed by atoms with Gasteiger partial charge in [-0.1, -0.05) is 42.0 Å². The van der Waals surface area contributed by atoms with E-state index in [0.717, 1.165) is 17.5 Å². The first kappa shape index (κ1) is 19.6. The molecule has 3 amide bonds. The molecule has 1 aliphatic rings. The molecule has 1 heterocycles. The van der Waals surface area contributed by atoms with Crippen molar-refractivity contribution < 1.29 is 14.4 Å². The van der Waals surface area contributed by atoms with E-state index in [-0.39, 0.29) is 17.7 Å². The molecule has 1 fully saturated rings. The van der Waals surface area contributed by atoms with Crippen molar-refractivity contribution in [2.45, 2.75) is 39.3 Å². The van der Waals surface area contributed by atoms with Crippen molar-refractivity contribution in [1.82, 2.24) is 10.2 Å². The van der Waals surface area contributed by atoms with E-state index in [9.17, 15) is 14.4 Å². The highest BCUT2D eigenvalue weighted by molar-refractivity contribution is 6.05. The number of likely N-dealkylation sites (tertiary alicyclic amines) is 1. The standard InChI is InChI=1S/C22H25N3O3/c1-15-7-5-8-17(13-15)14-23-22(28)18-9-3-4-10-19(18)24-21(27)16(2)25-12-6-11-20(25)26/h3-5,7-10,13,16H,6,11-12,14H2,1-2H3,(H,23,28)(H,24,27). The second kappa shape index (κ2) is 8.69. The number of hydrogen-bond donors (Lipinski definition) is 2. The van der Waals surface area contributed by atoms with Gasteiger partial charge < -0.3 is 15.5 Å². The summed E-state index contributed by atoms with van der Waals surface area (Å²) in [5, 5.41) is 5.70. The van der Waals surface area contributed by atoms with E-state index in [4.69, 9.17) is 0 Å². The third-order valence-electron chi connectivity index (χ3n) is 4.92. The van der Waals surface area contributed by atoms with E-state index in [1.165, 1.54) is 0 Å². The van der Waals surface area contributed by atoms with Crippen LogP contribution in [0.3, 0.4) is 0 Å². The Morgan fingerprint density at radius 2 is 1.93 bits per heavy atom. The van der Waals surface area contributed by atoms with Crippen LogP contribution in [0.1, 0.15) is 41.3 Å². The Bertz CT molecular complexity index is 894. The van der Waals surface area contributed by atoms with Gasteiger partial charge in [0.25, 0.3) is 5.91 Å². The van der Waals surface area contributed by atoms with Crippen molar-refractivity contribution in [3.8, 4) is 0 Å². The predicted molar refractivity (Wildman–Crippen MR) is 108 cm³/mol. The van der Waals surface area contributed by atoms with Crippen LogP contribution in [-0.2, 0) is 16.1 Å². The highest BCUT2D eigenvalue weighted by Crippen LogP contribution is 2.18. The lowest BCUT2D eigenvalue weighted by atomic mass is 10.1. The van der Waals surface area contributed by atoms with Gasteiger partial charge in [0.1, 0.15) is 6.04 Å². The molecule has 1 saturated heterocycles. The molecular formula is C22H25N3O3. The largest absolute Gasteiger partial charge is 0.348 e. The molecule has 0 aromatic heterocycles. The Hall–Kier alpha value is -3.15. The van der Waals surface area contributed by atoms with Gasteiger partial charge in [0.15, 0.2) is 0 Å². The summed E-state index contributed by atoms with van der Waals surface area (Å²) < 4.78 is 0. The first-order valence-corrected chi connectivity index (χ1v) is 9.49. The molecule has 1 atom stereocenters.